The van der Waals surface area contributed by atoms with Crippen molar-refractivity contribution in [2.45, 2.75) is 116 Å². The molecule has 0 aromatic heterocycles. The lowest BCUT2D eigenvalue weighted by atomic mass is 10.1. The van der Waals surface area contributed by atoms with Crippen molar-refractivity contribution in [2.75, 3.05) is 44.2 Å². The van der Waals surface area contributed by atoms with Gasteiger partial charge in [0.05, 0.1) is 6.61 Å². The summed E-state index contributed by atoms with van der Waals surface area (Å²) in [6, 6.07) is 8.76. The molecule has 2 rings (SSSR count). The molecule has 1 aromatic rings. The zero-order valence-electron chi connectivity index (χ0n) is 23.2. The third kappa shape index (κ3) is 14.6. The number of unbranched alkanes of at least 4 members (excludes halogenated alkanes) is 15. The molecular formula is C32H56N2O. The monoisotopic (exact) mass is 484 g/mol. The predicted molar refractivity (Wildman–Crippen MR) is 155 cm³/mol. The van der Waals surface area contributed by atoms with Crippen LogP contribution in [-0.2, 0) is 0 Å². The van der Waals surface area contributed by atoms with Crippen molar-refractivity contribution in [2.24, 2.45) is 0 Å². The quantitative estimate of drug-likeness (QED) is 0.121. The van der Waals surface area contributed by atoms with Crippen LogP contribution >= 0.6 is 0 Å². The van der Waals surface area contributed by atoms with Gasteiger partial charge in [-0.15, -0.1) is 6.58 Å². The van der Waals surface area contributed by atoms with Gasteiger partial charge < -0.3 is 9.64 Å². The second-order valence-corrected chi connectivity index (χ2v) is 10.6. The zero-order chi connectivity index (χ0) is 24.8. The van der Waals surface area contributed by atoms with E-state index in [1.54, 1.807) is 0 Å². The summed E-state index contributed by atoms with van der Waals surface area (Å²) in [5.41, 5.74) is 1.34. The van der Waals surface area contributed by atoms with E-state index in [4.69, 9.17) is 4.74 Å². The first-order valence-electron chi connectivity index (χ1n) is 15.1. The first-order chi connectivity index (χ1) is 17.3. The number of hydrogen-bond acceptors (Lipinski definition) is 3. The molecule has 0 aliphatic carbocycles. The molecule has 0 amide bonds. The molecule has 1 saturated heterocycles. The maximum Gasteiger partial charge on any atom is 0.119 e. The van der Waals surface area contributed by atoms with E-state index in [2.05, 4.69) is 47.6 Å². The van der Waals surface area contributed by atoms with Crippen LogP contribution in [0.1, 0.15) is 116 Å². The molecule has 1 aromatic carbocycles. The molecular weight excluding hydrogens is 428 g/mol. The summed E-state index contributed by atoms with van der Waals surface area (Å²) < 4.78 is 5.93. The van der Waals surface area contributed by atoms with Crippen LogP contribution in [0.5, 0.6) is 5.75 Å². The summed E-state index contributed by atoms with van der Waals surface area (Å²) in [6.07, 6.45) is 25.2. The van der Waals surface area contributed by atoms with Crippen molar-refractivity contribution in [3.8, 4) is 5.75 Å². The zero-order valence-corrected chi connectivity index (χ0v) is 23.2. The summed E-state index contributed by atoms with van der Waals surface area (Å²) >= 11 is 0. The van der Waals surface area contributed by atoms with Gasteiger partial charge in [-0.1, -0.05) is 96.5 Å². The minimum absolute atomic E-state index is 0.825. The topological polar surface area (TPSA) is 15.7 Å². The molecule has 1 aliphatic heterocycles. The van der Waals surface area contributed by atoms with E-state index in [-0.39, 0.29) is 0 Å². The van der Waals surface area contributed by atoms with Gasteiger partial charge in [-0.25, -0.2) is 0 Å². The number of nitrogens with zero attached hydrogens (tertiary/aromatic N) is 2. The van der Waals surface area contributed by atoms with Gasteiger partial charge in [-0.2, -0.15) is 0 Å². The number of allylic oxidation sites excluding steroid dienone is 1. The maximum atomic E-state index is 5.93. The fourth-order valence-electron chi connectivity index (χ4n) is 5.09. The van der Waals surface area contributed by atoms with Crippen LogP contribution in [0, 0.1) is 0 Å². The van der Waals surface area contributed by atoms with Crippen LogP contribution < -0.4 is 9.64 Å². The van der Waals surface area contributed by atoms with Crippen molar-refractivity contribution in [1.29, 1.82) is 0 Å². The fourth-order valence-corrected chi connectivity index (χ4v) is 5.09. The van der Waals surface area contributed by atoms with Gasteiger partial charge in [0.25, 0.3) is 0 Å². The van der Waals surface area contributed by atoms with Crippen molar-refractivity contribution < 1.29 is 4.74 Å². The average Bonchev–Trinajstić information content (AvgIpc) is 2.89. The molecule has 0 unspecified atom stereocenters. The summed E-state index contributed by atoms with van der Waals surface area (Å²) in [5, 5.41) is 0. The molecule has 0 bridgehead atoms. The van der Waals surface area contributed by atoms with Gasteiger partial charge in [-0.05, 0) is 56.5 Å². The number of rotatable bonds is 22. The number of benzene rings is 1. The van der Waals surface area contributed by atoms with Crippen LogP contribution in [0.15, 0.2) is 36.9 Å². The van der Waals surface area contributed by atoms with E-state index in [9.17, 15) is 0 Å². The van der Waals surface area contributed by atoms with Crippen molar-refractivity contribution >= 4 is 5.69 Å². The highest BCUT2D eigenvalue weighted by atomic mass is 16.5. The summed E-state index contributed by atoms with van der Waals surface area (Å²) in [6.45, 7) is 12.9. The lowest BCUT2D eigenvalue weighted by Crippen LogP contribution is -2.46. The Bertz CT molecular complexity index is 606. The van der Waals surface area contributed by atoms with Crippen LogP contribution in [-0.4, -0.2) is 44.2 Å². The van der Waals surface area contributed by atoms with Gasteiger partial charge in [-0.3, -0.25) is 4.90 Å². The Kier molecular flexibility index (Phi) is 17.6. The molecule has 0 radical (unpaired) electrons. The molecule has 3 nitrogen and oxygen atoms in total. The molecule has 200 valence electrons. The predicted octanol–water partition coefficient (Wildman–Crippen LogP) is 9.03. The van der Waals surface area contributed by atoms with E-state index < -0.39 is 0 Å². The Morgan fingerprint density at radius 3 is 1.83 bits per heavy atom. The Labute approximate surface area is 218 Å². The number of piperazine rings is 1. The molecule has 1 heterocycles. The molecule has 0 spiro atoms. The lowest BCUT2D eigenvalue weighted by Gasteiger charge is -2.36. The summed E-state index contributed by atoms with van der Waals surface area (Å²) in [7, 11) is 0. The van der Waals surface area contributed by atoms with Crippen molar-refractivity contribution in [1.82, 2.24) is 4.90 Å². The van der Waals surface area contributed by atoms with Crippen LogP contribution in [0.4, 0.5) is 5.69 Å². The normalized spacial score (nSPS) is 14.4. The van der Waals surface area contributed by atoms with Crippen LogP contribution in [0.25, 0.3) is 0 Å². The average molecular weight is 485 g/mol. The smallest absolute Gasteiger partial charge is 0.119 e. The highest BCUT2D eigenvalue weighted by Gasteiger charge is 2.16. The highest BCUT2D eigenvalue weighted by molar-refractivity contribution is 5.49. The van der Waals surface area contributed by atoms with Crippen molar-refractivity contribution in [3.05, 3.63) is 36.9 Å². The van der Waals surface area contributed by atoms with Gasteiger partial charge in [0, 0.05) is 31.9 Å². The minimum atomic E-state index is 0.825. The third-order valence-electron chi connectivity index (χ3n) is 7.47. The third-order valence-corrected chi connectivity index (χ3v) is 7.47. The van der Waals surface area contributed by atoms with Gasteiger partial charge in [0.15, 0.2) is 0 Å². The summed E-state index contributed by atoms with van der Waals surface area (Å²) in [5.74, 6) is 1.01. The number of ether oxygens (including phenoxy) is 1. The molecule has 0 saturated carbocycles. The largest absolute Gasteiger partial charge is 0.494 e. The number of hydrogen-bond donors (Lipinski definition) is 0. The minimum Gasteiger partial charge on any atom is -0.494 e. The van der Waals surface area contributed by atoms with E-state index in [0.29, 0.717) is 0 Å². The van der Waals surface area contributed by atoms with E-state index in [0.717, 1.165) is 38.3 Å². The van der Waals surface area contributed by atoms with E-state index in [1.807, 2.05) is 6.08 Å². The first kappa shape index (κ1) is 29.7. The molecule has 1 fully saturated rings. The molecule has 0 atom stereocenters. The van der Waals surface area contributed by atoms with Crippen molar-refractivity contribution in [3.63, 3.8) is 0 Å². The lowest BCUT2D eigenvalue weighted by molar-refractivity contribution is 0.252. The second kappa shape index (κ2) is 20.7. The molecule has 3 heteroatoms. The first-order valence-corrected chi connectivity index (χ1v) is 15.1. The molecule has 35 heavy (non-hydrogen) atoms. The molecule has 0 N–H and O–H groups in total. The van der Waals surface area contributed by atoms with Crippen LogP contribution in [0.3, 0.4) is 0 Å². The van der Waals surface area contributed by atoms with Gasteiger partial charge in [0.2, 0.25) is 0 Å². The summed E-state index contributed by atoms with van der Waals surface area (Å²) in [4.78, 5) is 5.20. The van der Waals surface area contributed by atoms with E-state index >= 15 is 0 Å². The van der Waals surface area contributed by atoms with Gasteiger partial charge >= 0.3 is 0 Å². The van der Waals surface area contributed by atoms with Crippen LogP contribution in [0.2, 0.25) is 0 Å². The Balaban J connectivity index is 1.44. The molecule has 1 aliphatic rings. The standard InChI is InChI=1S/C32H56N2O/c1-3-5-7-9-11-12-13-14-15-16-17-19-25-33-26-28-34(29-27-33)31-21-23-32(24-22-31)35-30-20-18-10-8-6-4-2/h4,21-24H,2-3,5-20,25-30H2,1H3. The SMILES string of the molecule is C=CCCCCCCOc1ccc(N2CCN(CCCCCCCCCCCCCC)CC2)cc1. The fraction of sp³-hybridized carbons (Fsp3) is 0.750. The second-order valence-electron chi connectivity index (χ2n) is 10.6. The number of anilines is 1. The van der Waals surface area contributed by atoms with Gasteiger partial charge in [0.1, 0.15) is 5.75 Å². The Morgan fingerprint density at radius 2 is 1.23 bits per heavy atom. The Hall–Kier alpha value is -1.48. The Morgan fingerprint density at radius 1 is 0.686 bits per heavy atom. The maximum absolute atomic E-state index is 5.93. The van der Waals surface area contributed by atoms with E-state index in [1.165, 1.54) is 122 Å². The highest BCUT2D eigenvalue weighted by Crippen LogP contribution is 2.21.